The molecule has 128 valence electrons. The highest BCUT2D eigenvalue weighted by atomic mass is 19.1. The van der Waals surface area contributed by atoms with Crippen molar-refractivity contribution in [3.05, 3.63) is 71.1 Å². The van der Waals surface area contributed by atoms with Gasteiger partial charge in [-0.05, 0) is 44.5 Å². The molecule has 0 aliphatic rings. The Morgan fingerprint density at radius 3 is 2.04 bits per heavy atom. The zero-order valence-corrected chi connectivity index (χ0v) is 14.2. The molecule has 0 aliphatic carbocycles. The van der Waals surface area contributed by atoms with E-state index in [1.807, 2.05) is 26.0 Å². The molecule has 1 aromatic heterocycles. The maximum absolute atomic E-state index is 13.8. The molecule has 0 bridgehead atoms. The minimum atomic E-state index is -0.680. The van der Waals surface area contributed by atoms with Crippen LogP contribution in [0.1, 0.15) is 17.0 Å². The van der Waals surface area contributed by atoms with Gasteiger partial charge in [0.25, 0.3) is 0 Å². The van der Waals surface area contributed by atoms with Crippen LogP contribution in [0.2, 0.25) is 0 Å². The maximum Gasteiger partial charge on any atom is 0.149 e. The summed E-state index contributed by atoms with van der Waals surface area (Å²) in [5.41, 5.74) is 3.35. The van der Waals surface area contributed by atoms with Crippen LogP contribution >= 0.6 is 0 Å². The molecule has 0 saturated carbocycles. The van der Waals surface area contributed by atoms with E-state index in [1.165, 1.54) is 17.7 Å². The Morgan fingerprint density at radius 1 is 0.760 bits per heavy atom. The first-order valence-corrected chi connectivity index (χ1v) is 7.83. The van der Waals surface area contributed by atoms with Crippen molar-refractivity contribution in [3.63, 3.8) is 0 Å². The van der Waals surface area contributed by atoms with E-state index in [0.29, 0.717) is 17.5 Å². The standard InChI is InChI=1S/C19H18F2N4/c1-11-4-6-16(12(2)8-11)24-18-10-19(23-13(3)22-18)25-17-7-5-14(20)9-15(17)21/h4-10H,1-3H3,(H2,22,23,24,25). The molecule has 3 aromatic rings. The fourth-order valence-corrected chi connectivity index (χ4v) is 2.52. The zero-order chi connectivity index (χ0) is 18.0. The Kier molecular flexibility index (Phi) is 4.61. The van der Waals surface area contributed by atoms with Crippen LogP contribution in [-0.2, 0) is 0 Å². The van der Waals surface area contributed by atoms with Crippen molar-refractivity contribution in [2.75, 3.05) is 10.6 Å². The van der Waals surface area contributed by atoms with E-state index in [4.69, 9.17) is 0 Å². The number of rotatable bonds is 4. The van der Waals surface area contributed by atoms with Gasteiger partial charge >= 0.3 is 0 Å². The lowest BCUT2D eigenvalue weighted by Gasteiger charge is -2.12. The predicted molar refractivity (Wildman–Crippen MR) is 95.6 cm³/mol. The van der Waals surface area contributed by atoms with E-state index in [9.17, 15) is 8.78 Å². The van der Waals surface area contributed by atoms with Gasteiger partial charge < -0.3 is 10.6 Å². The average molecular weight is 340 g/mol. The first-order chi connectivity index (χ1) is 11.9. The van der Waals surface area contributed by atoms with Crippen LogP contribution in [0.15, 0.2) is 42.5 Å². The third kappa shape index (κ3) is 4.09. The van der Waals surface area contributed by atoms with E-state index >= 15 is 0 Å². The molecule has 0 radical (unpaired) electrons. The van der Waals surface area contributed by atoms with Crippen LogP contribution < -0.4 is 10.6 Å². The van der Waals surface area contributed by atoms with Crippen molar-refractivity contribution in [3.8, 4) is 0 Å². The van der Waals surface area contributed by atoms with Crippen molar-refractivity contribution in [2.24, 2.45) is 0 Å². The van der Waals surface area contributed by atoms with Crippen LogP contribution in [0.5, 0.6) is 0 Å². The number of aryl methyl sites for hydroxylation is 3. The van der Waals surface area contributed by atoms with E-state index in [1.54, 1.807) is 13.0 Å². The minimum Gasteiger partial charge on any atom is -0.340 e. The minimum absolute atomic E-state index is 0.150. The number of anilines is 4. The van der Waals surface area contributed by atoms with Gasteiger partial charge in [-0.15, -0.1) is 0 Å². The van der Waals surface area contributed by atoms with Crippen LogP contribution in [0.25, 0.3) is 0 Å². The molecule has 6 heteroatoms. The SMILES string of the molecule is Cc1ccc(Nc2cc(Nc3ccc(F)cc3F)nc(C)n2)c(C)c1. The van der Waals surface area contributed by atoms with Gasteiger partial charge in [-0.1, -0.05) is 17.7 Å². The molecule has 3 rings (SSSR count). The van der Waals surface area contributed by atoms with E-state index in [2.05, 4.69) is 26.7 Å². The van der Waals surface area contributed by atoms with Gasteiger partial charge in [0.2, 0.25) is 0 Å². The lowest BCUT2D eigenvalue weighted by molar-refractivity contribution is 0.586. The number of nitrogens with zero attached hydrogens (tertiary/aromatic N) is 2. The quantitative estimate of drug-likeness (QED) is 0.688. The molecule has 0 atom stereocenters. The normalized spacial score (nSPS) is 10.6. The summed E-state index contributed by atoms with van der Waals surface area (Å²) in [5, 5.41) is 6.10. The van der Waals surface area contributed by atoms with Crippen LogP contribution in [0.4, 0.5) is 31.8 Å². The first-order valence-electron chi connectivity index (χ1n) is 7.83. The Morgan fingerprint density at radius 2 is 1.40 bits per heavy atom. The second-order valence-electron chi connectivity index (χ2n) is 5.88. The topological polar surface area (TPSA) is 49.8 Å². The van der Waals surface area contributed by atoms with Crippen molar-refractivity contribution in [1.29, 1.82) is 0 Å². The molecule has 2 aromatic carbocycles. The maximum atomic E-state index is 13.8. The second-order valence-corrected chi connectivity index (χ2v) is 5.88. The molecule has 0 fully saturated rings. The molecule has 0 amide bonds. The zero-order valence-electron chi connectivity index (χ0n) is 14.2. The summed E-state index contributed by atoms with van der Waals surface area (Å²) in [5.74, 6) is 0.230. The molecule has 1 heterocycles. The summed E-state index contributed by atoms with van der Waals surface area (Å²) in [6.45, 7) is 5.79. The van der Waals surface area contributed by atoms with E-state index in [0.717, 1.165) is 17.3 Å². The third-order valence-corrected chi connectivity index (χ3v) is 3.68. The molecular weight excluding hydrogens is 322 g/mol. The Labute approximate surface area is 145 Å². The van der Waals surface area contributed by atoms with Crippen molar-refractivity contribution >= 4 is 23.0 Å². The van der Waals surface area contributed by atoms with Gasteiger partial charge in [-0.3, -0.25) is 0 Å². The van der Waals surface area contributed by atoms with Gasteiger partial charge in [-0.2, -0.15) is 0 Å². The summed E-state index contributed by atoms with van der Waals surface area (Å²) in [6.07, 6.45) is 0. The predicted octanol–water partition coefficient (Wildman–Crippen LogP) is 5.17. The monoisotopic (exact) mass is 340 g/mol. The number of aromatic nitrogens is 2. The number of nitrogens with one attached hydrogen (secondary N) is 2. The highest BCUT2D eigenvalue weighted by Crippen LogP contribution is 2.24. The Bertz CT molecular complexity index is 854. The van der Waals surface area contributed by atoms with Crippen molar-refractivity contribution in [2.45, 2.75) is 20.8 Å². The average Bonchev–Trinajstić information content (AvgIpc) is 2.52. The number of hydrogen-bond donors (Lipinski definition) is 2. The summed E-state index contributed by atoms with van der Waals surface area (Å²) in [6, 6.07) is 11.1. The largest absolute Gasteiger partial charge is 0.340 e. The molecule has 0 saturated heterocycles. The van der Waals surface area contributed by atoms with Crippen LogP contribution in [-0.4, -0.2) is 9.97 Å². The number of halogens is 2. The third-order valence-electron chi connectivity index (χ3n) is 3.68. The summed E-state index contributed by atoms with van der Waals surface area (Å²) in [4.78, 5) is 8.60. The summed E-state index contributed by atoms with van der Waals surface area (Å²) < 4.78 is 26.8. The molecule has 4 nitrogen and oxygen atoms in total. The number of benzene rings is 2. The fourth-order valence-electron chi connectivity index (χ4n) is 2.52. The molecule has 25 heavy (non-hydrogen) atoms. The van der Waals surface area contributed by atoms with E-state index in [-0.39, 0.29) is 5.69 Å². The fraction of sp³-hybridized carbons (Fsp3) is 0.158. The molecular formula is C19H18F2N4. The number of hydrogen-bond acceptors (Lipinski definition) is 4. The smallest absolute Gasteiger partial charge is 0.149 e. The lowest BCUT2D eigenvalue weighted by atomic mass is 10.1. The van der Waals surface area contributed by atoms with Gasteiger partial charge in [0.05, 0.1) is 5.69 Å². The Balaban J connectivity index is 1.87. The van der Waals surface area contributed by atoms with Crippen molar-refractivity contribution < 1.29 is 8.78 Å². The molecule has 0 unspecified atom stereocenters. The molecule has 0 spiro atoms. The first kappa shape index (κ1) is 16.8. The molecule has 2 N–H and O–H groups in total. The van der Waals surface area contributed by atoms with Gasteiger partial charge in [0.1, 0.15) is 29.1 Å². The highest BCUT2D eigenvalue weighted by molar-refractivity contribution is 5.65. The van der Waals surface area contributed by atoms with Crippen molar-refractivity contribution in [1.82, 2.24) is 9.97 Å². The summed E-state index contributed by atoms with van der Waals surface area (Å²) in [7, 11) is 0. The van der Waals surface area contributed by atoms with Gasteiger partial charge in [0.15, 0.2) is 0 Å². The molecule has 0 aliphatic heterocycles. The van der Waals surface area contributed by atoms with E-state index < -0.39 is 11.6 Å². The summed E-state index contributed by atoms with van der Waals surface area (Å²) >= 11 is 0. The van der Waals surface area contributed by atoms with Crippen LogP contribution in [0.3, 0.4) is 0 Å². The van der Waals surface area contributed by atoms with Crippen LogP contribution in [0, 0.1) is 32.4 Å². The van der Waals surface area contributed by atoms with Gasteiger partial charge in [0, 0.05) is 17.8 Å². The lowest BCUT2D eigenvalue weighted by Crippen LogP contribution is -2.03. The highest BCUT2D eigenvalue weighted by Gasteiger charge is 2.08. The van der Waals surface area contributed by atoms with Gasteiger partial charge in [-0.25, -0.2) is 18.7 Å². The Hall–Kier alpha value is -3.02. The second kappa shape index (κ2) is 6.84.